The zero-order valence-corrected chi connectivity index (χ0v) is 8.98. The van der Waals surface area contributed by atoms with Gasteiger partial charge in [-0.3, -0.25) is 4.98 Å². The Morgan fingerprint density at radius 2 is 2.00 bits per heavy atom. The van der Waals surface area contributed by atoms with Gasteiger partial charge in [-0.05, 0) is 24.5 Å². The van der Waals surface area contributed by atoms with Crippen molar-refractivity contribution in [3.8, 4) is 0 Å². The Kier molecular flexibility index (Phi) is 1.48. The molecule has 3 aromatic rings. The summed E-state index contributed by atoms with van der Waals surface area (Å²) in [5, 5.41) is 2.65. The van der Waals surface area contributed by atoms with Crippen molar-refractivity contribution in [3.63, 3.8) is 0 Å². The Morgan fingerprint density at radius 1 is 1.06 bits per heavy atom. The van der Waals surface area contributed by atoms with Crippen LogP contribution in [0.25, 0.3) is 21.8 Å². The van der Waals surface area contributed by atoms with Crippen LogP contribution in [-0.2, 0) is 13.0 Å². The van der Waals surface area contributed by atoms with Crippen molar-refractivity contribution in [1.82, 2.24) is 9.55 Å². The van der Waals surface area contributed by atoms with Gasteiger partial charge in [0.15, 0.2) is 0 Å². The molecule has 78 valence electrons. The van der Waals surface area contributed by atoms with Crippen LogP contribution < -0.4 is 0 Å². The van der Waals surface area contributed by atoms with Crippen LogP contribution >= 0.6 is 0 Å². The van der Waals surface area contributed by atoms with Gasteiger partial charge in [0.25, 0.3) is 0 Å². The lowest BCUT2D eigenvalue weighted by molar-refractivity contribution is 0.649. The summed E-state index contributed by atoms with van der Waals surface area (Å²) in [4.78, 5) is 4.37. The second-order valence-corrected chi connectivity index (χ2v) is 4.47. The lowest BCUT2D eigenvalue weighted by Gasteiger charge is -2.15. The molecule has 0 fully saturated rings. The van der Waals surface area contributed by atoms with Crippen LogP contribution in [-0.4, -0.2) is 9.55 Å². The number of hydrogen-bond acceptors (Lipinski definition) is 1. The van der Waals surface area contributed by atoms with Crippen molar-refractivity contribution in [2.24, 2.45) is 0 Å². The van der Waals surface area contributed by atoms with Crippen molar-refractivity contribution in [2.75, 3.05) is 0 Å². The lowest BCUT2D eigenvalue weighted by Crippen LogP contribution is -2.07. The molecule has 0 spiro atoms. The van der Waals surface area contributed by atoms with Gasteiger partial charge in [-0.2, -0.15) is 0 Å². The highest BCUT2D eigenvalue weighted by Crippen LogP contribution is 2.33. The molecular formula is C14H12N2. The van der Waals surface area contributed by atoms with E-state index in [-0.39, 0.29) is 0 Å². The first-order chi connectivity index (χ1) is 7.95. The highest BCUT2D eigenvalue weighted by atomic mass is 15.0. The number of nitrogens with zero attached hydrogens (tertiary/aromatic N) is 2. The van der Waals surface area contributed by atoms with Gasteiger partial charge in [0.05, 0.1) is 5.52 Å². The number of aryl methyl sites for hydroxylation is 2. The van der Waals surface area contributed by atoms with Crippen LogP contribution in [0.2, 0.25) is 0 Å². The van der Waals surface area contributed by atoms with Crippen molar-refractivity contribution in [1.29, 1.82) is 0 Å². The van der Waals surface area contributed by atoms with Crippen LogP contribution in [0, 0.1) is 0 Å². The minimum Gasteiger partial charge on any atom is -0.340 e. The Balaban J connectivity index is 2.36. The van der Waals surface area contributed by atoms with Gasteiger partial charge in [0.2, 0.25) is 0 Å². The van der Waals surface area contributed by atoms with Crippen LogP contribution in [0.5, 0.6) is 0 Å². The van der Waals surface area contributed by atoms with Crippen molar-refractivity contribution < 1.29 is 0 Å². The van der Waals surface area contributed by atoms with Crippen LogP contribution in [0.15, 0.2) is 36.7 Å². The molecule has 1 aliphatic heterocycles. The maximum absolute atomic E-state index is 4.37. The molecule has 0 saturated carbocycles. The third kappa shape index (κ3) is 0.896. The van der Waals surface area contributed by atoms with Gasteiger partial charge in [0, 0.05) is 35.2 Å². The SMILES string of the molecule is c1ccc2c(c1)c1cncc3c1n2CCC3. The maximum Gasteiger partial charge on any atom is 0.0555 e. The molecule has 2 nitrogen and oxygen atoms in total. The molecule has 0 N–H and O–H groups in total. The number of benzene rings is 1. The van der Waals surface area contributed by atoms with E-state index < -0.39 is 0 Å². The van der Waals surface area contributed by atoms with Crippen molar-refractivity contribution in [2.45, 2.75) is 19.4 Å². The van der Waals surface area contributed by atoms with Gasteiger partial charge >= 0.3 is 0 Å². The number of rotatable bonds is 0. The molecule has 1 aromatic carbocycles. The van der Waals surface area contributed by atoms with E-state index in [0.717, 1.165) is 6.54 Å². The fourth-order valence-corrected chi connectivity index (χ4v) is 2.91. The zero-order chi connectivity index (χ0) is 10.5. The fraction of sp³-hybridized carbons (Fsp3) is 0.214. The molecule has 16 heavy (non-hydrogen) atoms. The molecule has 1 aliphatic rings. The molecular weight excluding hydrogens is 196 g/mol. The number of aromatic nitrogens is 2. The standard InChI is InChI=1S/C14H12N2/c1-2-6-13-11(5-1)12-9-15-8-10-4-3-7-16(13)14(10)12/h1-2,5-6,8-9H,3-4,7H2. The smallest absolute Gasteiger partial charge is 0.0555 e. The Morgan fingerprint density at radius 3 is 3.00 bits per heavy atom. The third-order valence-electron chi connectivity index (χ3n) is 3.58. The van der Waals surface area contributed by atoms with E-state index in [0.29, 0.717) is 0 Å². The summed E-state index contributed by atoms with van der Waals surface area (Å²) in [6, 6.07) is 8.64. The second kappa shape index (κ2) is 2.85. The normalized spacial score (nSPS) is 14.8. The Bertz CT molecular complexity index is 694. The molecule has 0 radical (unpaired) electrons. The number of para-hydroxylation sites is 1. The molecule has 0 atom stereocenters. The van der Waals surface area contributed by atoms with Gasteiger partial charge in [-0.1, -0.05) is 18.2 Å². The molecule has 4 rings (SSSR count). The fourth-order valence-electron chi connectivity index (χ4n) is 2.91. The van der Waals surface area contributed by atoms with E-state index in [2.05, 4.69) is 33.8 Å². The van der Waals surface area contributed by atoms with E-state index in [9.17, 15) is 0 Å². The zero-order valence-electron chi connectivity index (χ0n) is 8.98. The lowest BCUT2D eigenvalue weighted by atomic mass is 10.1. The minimum atomic E-state index is 1.14. The van der Waals surface area contributed by atoms with Gasteiger partial charge in [0.1, 0.15) is 0 Å². The van der Waals surface area contributed by atoms with Gasteiger partial charge < -0.3 is 4.57 Å². The summed E-state index contributed by atoms with van der Waals surface area (Å²) in [6.07, 6.45) is 6.42. The first-order valence-corrected chi connectivity index (χ1v) is 5.79. The van der Waals surface area contributed by atoms with Crippen LogP contribution in [0.1, 0.15) is 12.0 Å². The highest BCUT2D eigenvalue weighted by molar-refractivity contribution is 6.08. The van der Waals surface area contributed by atoms with E-state index in [4.69, 9.17) is 0 Å². The first-order valence-electron chi connectivity index (χ1n) is 5.79. The first kappa shape index (κ1) is 8.34. The predicted octanol–water partition coefficient (Wildman–Crippen LogP) is 3.14. The quantitative estimate of drug-likeness (QED) is 0.555. The summed E-state index contributed by atoms with van der Waals surface area (Å²) in [7, 11) is 0. The molecule has 0 unspecified atom stereocenters. The van der Waals surface area contributed by atoms with E-state index in [1.807, 2.05) is 12.4 Å². The number of hydrogen-bond donors (Lipinski definition) is 0. The summed E-state index contributed by atoms with van der Waals surface area (Å²) in [6.45, 7) is 1.14. The molecule has 2 aromatic heterocycles. The maximum atomic E-state index is 4.37. The van der Waals surface area contributed by atoms with E-state index in [1.165, 1.54) is 40.2 Å². The predicted molar refractivity (Wildman–Crippen MR) is 65.6 cm³/mol. The molecule has 0 aliphatic carbocycles. The van der Waals surface area contributed by atoms with Crippen molar-refractivity contribution in [3.05, 3.63) is 42.2 Å². The summed E-state index contributed by atoms with van der Waals surface area (Å²) < 4.78 is 2.45. The third-order valence-corrected chi connectivity index (χ3v) is 3.58. The Labute approximate surface area is 93.5 Å². The van der Waals surface area contributed by atoms with E-state index in [1.54, 1.807) is 0 Å². The molecule has 2 heteroatoms. The van der Waals surface area contributed by atoms with Crippen LogP contribution in [0.3, 0.4) is 0 Å². The topological polar surface area (TPSA) is 17.8 Å². The van der Waals surface area contributed by atoms with Crippen LogP contribution in [0.4, 0.5) is 0 Å². The molecule has 0 bridgehead atoms. The largest absolute Gasteiger partial charge is 0.340 e. The molecule has 0 amide bonds. The number of fused-ring (bicyclic) bond motifs is 3. The number of pyridine rings is 1. The molecule has 3 heterocycles. The Hall–Kier alpha value is -1.83. The average molecular weight is 208 g/mol. The average Bonchev–Trinajstić information content (AvgIpc) is 2.68. The summed E-state index contributed by atoms with van der Waals surface area (Å²) in [5.41, 5.74) is 4.16. The monoisotopic (exact) mass is 208 g/mol. The van der Waals surface area contributed by atoms with Gasteiger partial charge in [-0.25, -0.2) is 0 Å². The van der Waals surface area contributed by atoms with Gasteiger partial charge in [-0.15, -0.1) is 0 Å². The van der Waals surface area contributed by atoms with E-state index >= 15 is 0 Å². The second-order valence-electron chi connectivity index (χ2n) is 4.47. The summed E-state index contributed by atoms with van der Waals surface area (Å²) in [5.74, 6) is 0. The highest BCUT2D eigenvalue weighted by Gasteiger charge is 2.16. The molecule has 0 saturated heterocycles. The van der Waals surface area contributed by atoms with Crippen molar-refractivity contribution >= 4 is 21.8 Å². The summed E-state index contributed by atoms with van der Waals surface area (Å²) >= 11 is 0. The minimum absolute atomic E-state index is 1.14.